The summed E-state index contributed by atoms with van der Waals surface area (Å²) in [7, 11) is 0. The second-order valence-corrected chi connectivity index (χ2v) is 6.81. The van der Waals surface area contributed by atoms with Gasteiger partial charge < -0.3 is 5.73 Å². The minimum absolute atomic E-state index is 0.0124. The van der Waals surface area contributed by atoms with Crippen LogP contribution in [-0.4, -0.2) is 0 Å². The second-order valence-electron chi connectivity index (χ2n) is 3.85. The molecule has 0 saturated heterocycles. The van der Waals surface area contributed by atoms with Gasteiger partial charge >= 0.3 is 0 Å². The standard InChI is InChI=1S/C13H5BrF3IN2S/c14-8-11(18)12(20)9(16)10(17)13(8)21-6-1-2-7(15)5(3-6)4-19/h1-3H,20H2. The first-order valence-electron chi connectivity index (χ1n) is 5.35. The van der Waals surface area contributed by atoms with Crippen molar-refractivity contribution in [1.82, 2.24) is 0 Å². The van der Waals surface area contributed by atoms with Crippen molar-refractivity contribution in [3.05, 3.63) is 49.3 Å². The molecular weight excluding hydrogens is 480 g/mol. The summed E-state index contributed by atoms with van der Waals surface area (Å²) in [5, 5.41) is 8.78. The fourth-order valence-corrected chi connectivity index (χ4v) is 3.73. The highest BCUT2D eigenvalue weighted by atomic mass is 127. The zero-order valence-corrected chi connectivity index (χ0v) is 14.6. The maximum atomic E-state index is 14.0. The normalized spacial score (nSPS) is 10.5. The number of nitrogens with zero attached hydrogens (tertiary/aromatic N) is 1. The van der Waals surface area contributed by atoms with Gasteiger partial charge in [0.2, 0.25) is 0 Å². The second kappa shape index (κ2) is 6.46. The Kier molecular flexibility index (Phi) is 5.06. The summed E-state index contributed by atoms with van der Waals surface area (Å²) >= 11 is 5.84. The van der Waals surface area contributed by atoms with Crippen LogP contribution in [0.25, 0.3) is 0 Å². The molecule has 8 heteroatoms. The highest BCUT2D eigenvalue weighted by Crippen LogP contribution is 2.42. The van der Waals surface area contributed by atoms with E-state index in [1.165, 1.54) is 12.1 Å². The van der Waals surface area contributed by atoms with Crippen molar-refractivity contribution in [2.24, 2.45) is 0 Å². The predicted octanol–water partition coefficient (Wildman–Crippen LogP) is 5.08. The van der Waals surface area contributed by atoms with Gasteiger partial charge in [0, 0.05) is 4.90 Å². The van der Waals surface area contributed by atoms with Crippen molar-refractivity contribution in [1.29, 1.82) is 5.26 Å². The first kappa shape index (κ1) is 16.5. The molecule has 0 aliphatic carbocycles. The van der Waals surface area contributed by atoms with Crippen molar-refractivity contribution in [3.8, 4) is 6.07 Å². The summed E-state index contributed by atoms with van der Waals surface area (Å²) in [6.07, 6.45) is 0. The van der Waals surface area contributed by atoms with Crippen LogP contribution >= 0.6 is 50.3 Å². The average Bonchev–Trinajstić information content (AvgIpc) is 2.49. The Morgan fingerprint density at radius 3 is 2.52 bits per heavy atom. The maximum Gasteiger partial charge on any atom is 0.184 e. The molecule has 0 atom stereocenters. The number of anilines is 1. The summed E-state index contributed by atoms with van der Waals surface area (Å²) in [5.41, 5.74) is 5.02. The maximum absolute atomic E-state index is 14.0. The van der Waals surface area contributed by atoms with E-state index in [9.17, 15) is 13.2 Å². The van der Waals surface area contributed by atoms with Gasteiger partial charge in [0.15, 0.2) is 11.6 Å². The molecule has 2 aromatic rings. The third kappa shape index (κ3) is 3.14. The number of rotatable bonds is 2. The van der Waals surface area contributed by atoms with Gasteiger partial charge in [0.1, 0.15) is 11.9 Å². The van der Waals surface area contributed by atoms with E-state index in [0.717, 1.165) is 17.8 Å². The molecule has 0 unspecified atom stereocenters. The van der Waals surface area contributed by atoms with Crippen molar-refractivity contribution in [3.63, 3.8) is 0 Å². The highest BCUT2D eigenvalue weighted by molar-refractivity contribution is 14.1. The third-order valence-electron chi connectivity index (χ3n) is 2.54. The number of halogens is 5. The minimum Gasteiger partial charge on any atom is -0.395 e. The van der Waals surface area contributed by atoms with Gasteiger partial charge in [0.05, 0.1) is 24.2 Å². The van der Waals surface area contributed by atoms with Gasteiger partial charge in [-0.15, -0.1) is 0 Å². The van der Waals surface area contributed by atoms with E-state index in [1.807, 2.05) is 0 Å². The van der Waals surface area contributed by atoms with Crippen molar-refractivity contribution >= 4 is 56.0 Å². The molecule has 0 radical (unpaired) electrons. The minimum atomic E-state index is -1.13. The Hall–Kier alpha value is -0.920. The average molecular weight is 485 g/mol. The van der Waals surface area contributed by atoms with E-state index in [4.69, 9.17) is 11.0 Å². The van der Waals surface area contributed by atoms with Crippen LogP contribution in [-0.2, 0) is 0 Å². The van der Waals surface area contributed by atoms with Crippen molar-refractivity contribution < 1.29 is 13.2 Å². The molecule has 2 aromatic carbocycles. The Labute approximate surface area is 144 Å². The van der Waals surface area contributed by atoms with Gasteiger partial charge in [-0.25, -0.2) is 13.2 Å². The smallest absolute Gasteiger partial charge is 0.184 e. The summed E-state index contributed by atoms with van der Waals surface area (Å²) < 4.78 is 41.6. The lowest BCUT2D eigenvalue weighted by Crippen LogP contribution is -2.01. The summed E-state index contributed by atoms with van der Waals surface area (Å²) in [4.78, 5) is 0.397. The quantitative estimate of drug-likeness (QED) is 0.367. The van der Waals surface area contributed by atoms with Crippen LogP contribution in [0.1, 0.15) is 5.56 Å². The zero-order chi connectivity index (χ0) is 15.7. The molecule has 0 aliphatic rings. The van der Waals surface area contributed by atoms with Crippen LogP contribution in [0, 0.1) is 32.4 Å². The number of hydrogen-bond donors (Lipinski definition) is 1. The summed E-state index contributed by atoms with van der Waals surface area (Å²) in [5.74, 6) is -2.89. The Bertz CT molecular complexity index is 748. The fourth-order valence-electron chi connectivity index (χ4n) is 1.49. The molecular formula is C13H5BrF3IN2S. The lowest BCUT2D eigenvalue weighted by molar-refractivity contribution is 0.492. The fraction of sp³-hybridized carbons (Fsp3) is 0. The molecule has 2 N–H and O–H groups in total. The molecule has 0 amide bonds. The lowest BCUT2D eigenvalue weighted by atomic mass is 10.2. The van der Waals surface area contributed by atoms with E-state index in [1.54, 1.807) is 28.7 Å². The van der Waals surface area contributed by atoms with Gasteiger partial charge in [-0.2, -0.15) is 5.26 Å². The predicted molar refractivity (Wildman–Crippen MR) is 86.4 cm³/mol. The van der Waals surface area contributed by atoms with Crippen LogP contribution in [0.2, 0.25) is 0 Å². The van der Waals surface area contributed by atoms with Crippen LogP contribution in [0.15, 0.2) is 32.5 Å². The molecule has 0 aliphatic heterocycles. The number of nitriles is 1. The van der Waals surface area contributed by atoms with Gasteiger partial charge in [-0.1, -0.05) is 11.8 Å². The first-order valence-corrected chi connectivity index (χ1v) is 8.04. The van der Waals surface area contributed by atoms with E-state index in [-0.39, 0.29) is 16.1 Å². The van der Waals surface area contributed by atoms with Crippen LogP contribution in [0.3, 0.4) is 0 Å². The Morgan fingerprint density at radius 2 is 1.90 bits per heavy atom. The summed E-state index contributed by atoms with van der Waals surface area (Å²) in [6.45, 7) is 0. The number of nitrogens with two attached hydrogens (primary N) is 1. The Balaban J connectivity index is 2.53. The van der Waals surface area contributed by atoms with Gasteiger partial charge in [-0.3, -0.25) is 0 Å². The highest BCUT2D eigenvalue weighted by Gasteiger charge is 2.21. The molecule has 0 heterocycles. The van der Waals surface area contributed by atoms with Crippen molar-refractivity contribution in [2.45, 2.75) is 9.79 Å². The zero-order valence-electron chi connectivity index (χ0n) is 10.1. The molecule has 108 valence electrons. The molecule has 0 aromatic heterocycles. The van der Waals surface area contributed by atoms with E-state index in [2.05, 4.69) is 15.9 Å². The van der Waals surface area contributed by atoms with Gasteiger partial charge in [-0.05, 0) is 56.7 Å². The lowest BCUT2D eigenvalue weighted by Gasteiger charge is -2.11. The summed E-state index contributed by atoms with van der Waals surface area (Å²) in [6, 6.07) is 5.45. The van der Waals surface area contributed by atoms with Crippen molar-refractivity contribution in [2.75, 3.05) is 5.73 Å². The molecule has 0 bridgehead atoms. The van der Waals surface area contributed by atoms with Crippen LogP contribution < -0.4 is 5.73 Å². The molecule has 0 saturated carbocycles. The van der Waals surface area contributed by atoms with E-state index >= 15 is 0 Å². The number of hydrogen-bond acceptors (Lipinski definition) is 3. The third-order valence-corrected chi connectivity index (χ3v) is 6.53. The van der Waals surface area contributed by atoms with Gasteiger partial charge in [0.25, 0.3) is 0 Å². The van der Waals surface area contributed by atoms with Crippen LogP contribution in [0.4, 0.5) is 18.9 Å². The Morgan fingerprint density at radius 1 is 1.24 bits per heavy atom. The van der Waals surface area contributed by atoms with E-state index < -0.39 is 17.5 Å². The molecule has 0 fully saturated rings. The first-order chi connectivity index (χ1) is 9.86. The molecule has 2 rings (SSSR count). The number of nitrogen functional groups attached to an aromatic ring is 1. The molecule has 21 heavy (non-hydrogen) atoms. The topological polar surface area (TPSA) is 49.8 Å². The molecule has 0 spiro atoms. The van der Waals surface area contributed by atoms with Crippen LogP contribution in [0.5, 0.6) is 0 Å². The largest absolute Gasteiger partial charge is 0.395 e. The monoisotopic (exact) mass is 484 g/mol. The molecule has 2 nitrogen and oxygen atoms in total. The number of benzene rings is 2. The van der Waals surface area contributed by atoms with E-state index in [0.29, 0.717) is 12.9 Å². The SMILES string of the molecule is N#Cc1cc(Sc2c(F)c(F)c(N)c(I)c2Br)ccc1F.